The van der Waals surface area contributed by atoms with Gasteiger partial charge in [0, 0.05) is 12.0 Å². The molecule has 0 amide bonds. The fourth-order valence-corrected chi connectivity index (χ4v) is 0.854. The Hall–Kier alpha value is -1.36. The van der Waals surface area contributed by atoms with Crippen molar-refractivity contribution in [3.63, 3.8) is 0 Å². The minimum Gasteiger partial charge on any atom is -0.479 e. The van der Waals surface area contributed by atoms with E-state index < -0.39 is 24.0 Å². The zero-order valence-corrected chi connectivity index (χ0v) is 7.17. The second kappa shape index (κ2) is 5.31. The first-order valence-corrected chi connectivity index (χ1v) is 3.81. The Labute approximate surface area is 75.3 Å². The molecule has 0 aromatic rings. The lowest BCUT2D eigenvalue weighted by molar-refractivity contribution is -0.148. The van der Waals surface area contributed by atoms with Crippen LogP contribution in [0.5, 0.6) is 0 Å². The number of hydrogen-bond acceptors (Lipinski definition) is 3. The lowest BCUT2D eigenvalue weighted by Crippen LogP contribution is -2.27. The molecular weight excluding hydrogens is 176 g/mol. The average Bonchev–Trinajstić information content (AvgIpc) is 2.04. The molecule has 2 atom stereocenters. The fourth-order valence-electron chi connectivity index (χ4n) is 0.854. The summed E-state index contributed by atoms with van der Waals surface area (Å²) in [5.74, 6) is -3.16. The van der Waals surface area contributed by atoms with Gasteiger partial charge in [0.15, 0.2) is 6.10 Å². The van der Waals surface area contributed by atoms with Crippen LogP contribution in [0.2, 0.25) is 0 Å². The third-order valence-corrected chi connectivity index (χ3v) is 1.62. The Balaban J connectivity index is 4.34. The molecule has 0 radical (unpaired) electrons. The van der Waals surface area contributed by atoms with Crippen LogP contribution in [0, 0.1) is 5.92 Å². The molecule has 0 aromatic carbocycles. The highest BCUT2D eigenvalue weighted by Gasteiger charge is 2.21. The zero-order valence-electron chi connectivity index (χ0n) is 7.17. The quantitative estimate of drug-likeness (QED) is 0.532. The molecule has 74 valence electrons. The Morgan fingerprint density at radius 1 is 1.38 bits per heavy atom. The van der Waals surface area contributed by atoms with Gasteiger partial charge in [-0.1, -0.05) is 13.0 Å². The molecule has 0 aromatic heterocycles. The van der Waals surface area contributed by atoms with E-state index in [1.807, 2.05) is 0 Å². The summed E-state index contributed by atoms with van der Waals surface area (Å²) >= 11 is 0. The fraction of sp³-hybridized carbons (Fsp3) is 0.500. The molecule has 0 heterocycles. The van der Waals surface area contributed by atoms with Crippen molar-refractivity contribution in [3.8, 4) is 0 Å². The maximum Gasteiger partial charge on any atom is 0.333 e. The lowest BCUT2D eigenvalue weighted by atomic mass is 9.99. The Morgan fingerprint density at radius 3 is 2.23 bits per heavy atom. The molecule has 0 saturated carbocycles. The van der Waals surface area contributed by atoms with Crippen LogP contribution in [0.25, 0.3) is 0 Å². The molecule has 0 aliphatic heterocycles. The zero-order chi connectivity index (χ0) is 10.4. The van der Waals surface area contributed by atoms with Gasteiger partial charge < -0.3 is 15.3 Å². The maximum atomic E-state index is 10.3. The van der Waals surface area contributed by atoms with Gasteiger partial charge in [-0.05, 0) is 6.42 Å². The van der Waals surface area contributed by atoms with Crippen LogP contribution in [0.4, 0.5) is 0 Å². The van der Waals surface area contributed by atoms with Crippen molar-refractivity contribution in [3.05, 3.63) is 12.2 Å². The van der Waals surface area contributed by atoms with Gasteiger partial charge in [0.1, 0.15) is 0 Å². The van der Waals surface area contributed by atoms with Crippen LogP contribution in [-0.4, -0.2) is 33.4 Å². The van der Waals surface area contributed by atoms with Gasteiger partial charge >= 0.3 is 11.9 Å². The molecule has 0 aliphatic rings. The van der Waals surface area contributed by atoms with E-state index in [0.29, 0.717) is 6.42 Å². The van der Waals surface area contributed by atoms with Crippen molar-refractivity contribution in [1.29, 1.82) is 0 Å². The van der Waals surface area contributed by atoms with Crippen LogP contribution in [-0.2, 0) is 9.59 Å². The van der Waals surface area contributed by atoms with E-state index in [2.05, 4.69) is 0 Å². The normalized spacial score (nSPS) is 15.5. The molecule has 0 unspecified atom stereocenters. The third kappa shape index (κ3) is 4.27. The number of aliphatic hydroxyl groups is 1. The van der Waals surface area contributed by atoms with E-state index in [-0.39, 0.29) is 0 Å². The Kier molecular flexibility index (Phi) is 4.76. The molecule has 0 aliphatic carbocycles. The second-order valence-corrected chi connectivity index (χ2v) is 2.55. The van der Waals surface area contributed by atoms with E-state index in [4.69, 9.17) is 15.3 Å². The molecule has 3 N–H and O–H groups in total. The summed E-state index contributed by atoms with van der Waals surface area (Å²) < 4.78 is 0. The maximum absolute atomic E-state index is 10.3. The topological polar surface area (TPSA) is 94.8 Å². The summed E-state index contributed by atoms with van der Waals surface area (Å²) in [5.41, 5.74) is 0. The first-order valence-electron chi connectivity index (χ1n) is 3.81. The van der Waals surface area contributed by atoms with Crippen LogP contribution in [0.15, 0.2) is 12.2 Å². The summed E-state index contributed by atoms with van der Waals surface area (Å²) in [7, 11) is 0. The highest BCUT2D eigenvalue weighted by Crippen LogP contribution is 2.10. The van der Waals surface area contributed by atoms with E-state index in [9.17, 15) is 9.59 Å². The minimum atomic E-state index is -1.54. The number of hydrogen-bond donors (Lipinski definition) is 3. The van der Waals surface area contributed by atoms with Crippen LogP contribution < -0.4 is 0 Å². The molecule has 0 fully saturated rings. The van der Waals surface area contributed by atoms with Crippen LogP contribution in [0.3, 0.4) is 0 Å². The monoisotopic (exact) mass is 188 g/mol. The van der Waals surface area contributed by atoms with E-state index in [1.54, 1.807) is 6.92 Å². The van der Waals surface area contributed by atoms with E-state index >= 15 is 0 Å². The molecule has 0 spiro atoms. The minimum absolute atomic E-state index is 0.372. The van der Waals surface area contributed by atoms with Crippen molar-refractivity contribution in [2.75, 3.05) is 0 Å². The molecule has 0 bridgehead atoms. The second-order valence-electron chi connectivity index (χ2n) is 2.55. The molecule has 0 rings (SSSR count). The van der Waals surface area contributed by atoms with Crippen molar-refractivity contribution >= 4 is 11.9 Å². The Morgan fingerprint density at radius 2 is 1.92 bits per heavy atom. The molecule has 0 saturated heterocycles. The van der Waals surface area contributed by atoms with Gasteiger partial charge in [0.2, 0.25) is 0 Å². The van der Waals surface area contributed by atoms with Gasteiger partial charge in [-0.2, -0.15) is 0 Å². The highest BCUT2D eigenvalue weighted by molar-refractivity contribution is 5.80. The largest absolute Gasteiger partial charge is 0.479 e. The highest BCUT2D eigenvalue weighted by atomic mass is 16.4. The molecule has 13 heavy (non-hydrogen) atoms. The summed E-state index contributed by atoms with van der Waals surface area (Å²) in [6, 6.07) is 0. The summed E-state index contributed by atoms with van der Waals surface area (Å²) in [5, 5.41) is 25.7. The summed E-state index contributed by atoms with van der Waals surface area (Å²) in [6.07, 6.45) is 0.846. The number of carboxylic acids is 2. The number of rotatable bonds is 5. The van der Waals surface area contributed by atoms with Gasteiger partial charge in [0.25, 0.3) is 0 Å². The molecular formula is C8H12O5. The number of aliphatic carboxylic acids is 2. The number of carbonyl (C=O) groups is 2. The van der Waals surface area contributed by atoms with Crippen molar-refractivity contribution in [1.82, 2.24) is 0 Å². The van der Waals surface area contributed by atoms with Crippen molar-refractivity contribution in [2.45, 2.75) is 19.4 Å². The summed E-state index contributed by atoms with van der Waals surface area (Å²) in [6.45, 7) is 1.67. The predicted octanol–water partition coefficient (Wildman–Crippen LogP) is 0.0989. The molecule has 5 heteroatoms. The van der Waals surface area contributed by atoms with Crippen molar-refractivity contribution in [2.24, 2.45) is 5.92 Å². The SMILES string of the molecule is CC[C@H](/C=C/C(=O)O)[C@@H](O)C(=O)O. The van der Waals surface area contributed by atoms with Gasteiger partial charge in [-0.15, -0.1) is 0 Å². The van der Waals surface area contributed by atoms with Crippen molar-refractivity contribution < 1.29 is 24.9 Å². The van der Waals surface area contributed by atoms with E-state index in [0.717, 1.165) is 6.08 Å². The van der Waals surface area contributed by atoms with Crippen LogP contribution in [0.1, 0.15) is 13.3 Å². The molecule has 5 nitrogen and oxygen atoms in total. The van der Waals surface area contributed by atoms with Crippen LogP contribution >= 0.6 is 0 Å². The lowest BCUT2D eigenvalue weighted by Gasteiger charge is -2.12. The summed E-state index contributed by atoms with van der Waals surface area (Å²) in [4.78, 5) is 20.4. The van der Waals surface area contributed by atoms with Gasteiger partial charge in [-0.3, -0.25) is 0 Å². The average molecular weight is 188 g/mol. The first kappa shape index (κ1) is 11.6. The standard InChI is InChI=1S/C8H12O5/c1-2-5(3-4-6(9)10)7(11)8(12)13/h3-5,7,11H,2H2,1H3,(H,9,10)(H,12,13)/b4-3+/t5-,7-/m1/s1. The predicted molar refractivity (Wildman–Crippen MR) is 44.2 cm³/mol. The number of carboxylic acid groups (broad SMARTS) is 2. The van der Waals surface area contributed by atoms with Gasteiger partial charge in [0.05, 0.1) is 0 Å². The third-order valence-electron chi connectivity index (χ3n) is 1.62. The van der Waals surface area contributed by atoms with Gasteiger partial charge in [-0.25, -0.2) is 9.59 Å². The first-order chi connectivity index (χ1) is 5.99. The van der Waals surface area contributed by atoms with E-state index in [1.165, 1.54) is 6.08 Å². The smallest absolute Gasteiger partial charge is 0.333 e. The Bertz CT molecular complexity index is 221. The number of aliphatic hydroxyl groups excluding tert-OH is 1.